The first kappa shape index (κ1) is 15.4. The molecule has 0 atom stereocenters. The maximum atomic E-state index is 11.4. The van der Waals surface area contributed by atoms with Crippen molar-refractivity contribution in [1.29, 1.82) is 0 Å². The summed E-state index contributed by atoms with van der Waals surface area (Å²) >= 11 is 0. The molecule has 1 fully saturated rings. The van der Waals surface area contributed by atoms with Gasteiger partial charge in [0.25, 0.3) is 0 Å². The molecule has 0 saturated heterocycles. The van der Waals surface area contributed by atoms with Crippen molar-refractivity contribution in [2.75, 3.05) is 19.8 Å². The van der Waals surface area contributed by atoms with E-state index >= 15 is 0 Å². The van der Waals surface area contributed by atoms with Crippen molar-refractivity contribution in [3.63, 3.8) is 0 Å². The maximum Gasteiger partial charge on any atom is 0.332 e. The van der Waals surface area contributed by atoms with Crippen molar-refractivity contribution in [1.82, 2.24) is 0 Å². The fraction of sp³-hybridized carbons (Fsp3) is 0.929. The molecule has 0 unspecified atom stereocenters. The van der Waals surface area contributed by atoms with Crippen LogP contribution in [0.4, 0.5) is 0 Å². The average molecular weight is 257 g/mol. The van der Waals surface area contributed by atoms with Crippen molar-refractivity contribution < 1.29 is 14.3 Å². The summed E-state index contributed by atoms with van der Waals surface area (Å²) in [4.78, 5) is 11.4. The fourth-order valence-electron chi connectivity index (χ4n) is 2.25. The van der Waals surface area contributed by atoms with Gasteiger partial charge in [0.1, 0.15) is 6.61 Å². The van der Waals surface area contributed by atoms with E-state index in [0.29, 0.717) is 13.2 Å². The predicted octanol–water partition coefficient (Wildman–Crippen LogP) is 2.40. The molecule has 1 rings (SSSR count). The zero-order valence-corrected chi connectivity index (χ0v) is 11.4. The molecule has 1 aliphatic carbocycles. The molecular formula is C14H27NO3. The maximum absolute atomic E-state index is 11.4. The van der Waals surface area contributed by atoms with Gasteiger partial charge >= 0.3 is 5.97 Å². The zero-order chi connectivity index (χ0) is 13.1. The second kappa shape index (κ2) is 10.3. The number of carbonyl (C=O) groups is 1. The first-order valence-electron chi connectivity index (χ1n) is 7.30. The number of rotatable bonds is 8. The van der Waals surface area contributed by atoms with E-state index in [0.717, 1.165) is 32.1 Å². The summed E-state index contributed by atoms with van der Waals surface area (Å²) in [6.07, 6.45) is 10.4. The number of esters is 1. The van der Waals surface area contributed by atoms with Crippen molar-refractivity contribution in [3.8, 4) is 0 Å². The number of hydrogen-bond donors (Lipinski definition) is 1. The highest BCUT2D eigenvalue weighted by molar-refractivity contribution is 5.70. The van der Waals surface area contributed by atoms with Gasteiger partial charge < -0.3 is 15.2 Å². The molecule has 0 radical (unpaired) electrons. The Hall–Kier alpha value is -0.610. The van der Waals surface area contributed by atoms with Crippen LogP contribution in [0.5, 0.6) is 0 Å². The van der Waals surface area contributed by atoms with Crippen molar-refractivity contribution in [2.24, 2.45) is 5.73 Å². The minimum atomic E-state index is -0.230. The number of hydrogen-bond acceptors (Lipinski definition) is 4. The molecule has 1 saturated carbocycles. The van der Waals surface area contributed by atoms with E-state index in [2.05, 4.69) is 0 Å². The third kappa shape index (κ3) is 7.67. The first-order valence-corrected chi connectivity index (χ1v) is 7.30. The monoisotopic (exact) mass is 257 g/mol. The second-order valence-electron chi connectivity index (χ2n) is 4.99. The average Bonchev–Trinajstić information content (AvgIpc) is 2.64. The topological polar surface area (TPSA) is 61.5 Å². The molecule has 0 spiro atoms. The Labute approximate surface area is 110 Å². The van der Waals surface area contributed by atoms with Crippen LogP contribution < -0.4 is 5.73 Å². The summed E-state index contributed by atoms with van der Waals surface area (Å²) in [6.45, 7) is 1.31. The van der Waals surface area contributed by atoms with Gasteiger partial charge in [-0.05, 0) is 38.6 Å². The Kier molecular flexibility index (Phi) is 8.86. The lowest BCUT2D eigenvalue weighted by Crippen LogP contribution is -2.20. The SMILES string of the molecule is NCCCCCOC(=O)COC1CCCCCC1. The summed E-state index contributed by atoms with van der Waals surface area (Å²) < 4.78 is 10.7. The largest absolute Gasteiger partial charge is 0.464 e. The molecule has 0 heterocycles. The van der Waals surface area contributed by atoms with Crippen LogP contribution in [0, 0.1) is 0 Å². The van der Waals surface area contributed by atoms with E-state index in [1.54, 1.807) is 0 Å². The van der Waals surface area contributed by atoms with Gasteiger partial charge in [-0.1, -0.05) is 25.7 Å². The lowest BCUT2D eigenvalue weighted by Gasteiger charge is -2.14. The molecule has 106 valence electrons. The van der Waals surface area contributed by atoms with Crippen LogP contribution in [0.2, 0.25) is 0 Å². The third-order valence-corrected chi connectivity index (χ3v) is 3.35. The standard InChI is InChI=1S/C14H27NO3/c15-10-6-3-7-11-17-14(16)12-18-13-8-4-1-2-5-9-13/h13H,1-12,15H2. The smallest absolute Gasteiger partial charge is 0.332 e. The predicted molar refractivity (Wildman–Crippen MR) is 71.3 cm³/mol. The Balaban J connectivity index is 1.98. The van der Waals surface area contributed by atoms with Crippen molar-refractivity contribution >= 4 is 5.97 Å². The molecule has 2 N–H and O–H groups in total. The molecule has 0 amide bonds. The van der Waals surface area contributed by atoms with Crippen molar-refractivity contribution in [2.45, 2.75) is 63.9 Å². The van der Waals surface area contributed by atoms with Gasteiger partial charge in [-0.15, -0.1) is 0 Å². The summed E-state index contributed by atoms with van der Waals surface area (Å²) in [5.41, 5.74) is 5.39. The molecule has 0 bridgehead atoms. The van der Waals surface area contributed by atoms with E-state index in [-0.39, 0.29) is 18.7 Å². The lowest BCUT2D eigenvalue weighted by molar-refractivity contribution is -0.151. The van der Waals surface area contributed by atoms with Crippen LogP contribution in [0.15, 0.2) is 0 Å². The lowest BCUT2D eigenvalue weighted by atomic mass is 10.1. The van der Waals surface area contributed by atoms with E-state index in [9.17, 15) is 4.79 Å². The van der Waals surface area contributed by atoms with Gasteiger partial charge in [-0.3, -0.25) is 0 Å². The molecule has 0 aliphatic heterocycles. The van der Waals surface area contributed by atoms with Crippen LogP contribution >= 0.6 is 0 Å². The van der Waals surface area contributed by atoms with Gasteiger partial charge in [0.05, 0.1) is 12.7 Å². The number of carbonyl (C=O) groups excluding carboxylic acids is 1. The molecular weight excluding hydrogens is 230 g/mol. The molecule has 4 heteroatoms. The number of ether oxygens (including phenoxy) is 2. The Morgan fingerprint density at radius 2 is 1.78 bits per heavy atom. The minimum Gasteiger partial charge on any atom is -0.464 e. The highest BCUT2D eigenvalue weighted by atomic mass is 16.6. The third-order valence-electron chi connectivity index (χ3n) is 3.35. The molecule has 0 aromatic rings. The first-order chi connectivity index (χ1) is 8.83. The van der Waals surface area contributed by atoms with E-state index in [4.69, 9.17) is 15.2 Å². The quantitative estimate of drug-likeness (QED) is 0.412. The Morgan fingerprint density at radius 3 is 2.44 bits per heavy atom. The van der Waals surface area contributed by atoms with Crippen molar-refractivity contribution in [3.05, 3.63) is 0 Å². The highest BCUT2D eigenvalue weighted by Crippen LogP contribution is 2.19. The van der Waals surface area contributed by atoms with Crippen LogP contribution in [0.3, 0.4) is 0 Å². The fourth-order valence-corrected chi connectivity index (χ4v) is 2.25. The number of nitrogens with two attached hydrogens (primary N) is 1. The molecule has 1 aliphatic rings. The van der Waals surface area contributed by atoms with E-state index in [1.165, 1.54) is 25.7 Å². The molecule has 4 nitrogen and oxygen atoms in total. The van der Waals surface area contributed by atoms with E-state index in [1.807, 2.05) is 0 Å². The van der Waals surface area contributed by atoms with Crippen LogP contribution in [-0.4, -0.2) is 31.8 Å². The Morgan fingerprint density at radius 1 is 1.06 bits per heavy atom. The molecule has 0 aromatic carbocycles. The van der Waals surface area contributed by atoms with Gasteiger partial charge in [-0.2, -0.15) is 0 Å². The molecule has 0 aromatic heterocycles. The second-order valence-corrected chi connectivity index (χ2v) is 4.99. The van der Waals surface area contributed by atoms with Crippen LogP contribution in [0.25, 0.3) is 0 Å². The van der Waals surface area contributed by atoms with Crippen LogP contribution in [-0.2, 0) is 14.3 Å². The van der Waals surface area contributed by atoms with E-state index < -0.39 is 0 Å². The zero-order valence-electron chi connectivity index (χ0n) is 11.4. The summed E-state index contributed by atoms with van der Waals surface area (Å²) in [5, 5.41) is 0. The summed E-state index contributed by atoms with van der Waals surface area (Å²) in [5.74, 6) is -0.230. The van der Waals surface area contributed by atoms with Gasteiger partial charge in [0.2, 0.25) is 0 Å². The summed E-state index contributed by atoms with van der Waals surface area (Å²) in [6, 6.07) is 0. The number of unbranched alkanes of at least 4 members (excludes halogenated alkanes) is 2. The normalized spacial score (nSPS) is 17.4. The summed E-state index contributed by atoms with van der Waals surface area (Å²) in [7, 11) is 0. The van der Waals surface area contributed by atoms with Gasteiger partial charge in [-0.25, -0.2) is 4.79 Å². The molecule has 18 heavy (non-hydrogen) atoms. The highest BCUT2D eigenvalue weighted by Gasteiger charge is 2.14. The van der Waals surface area contributed by atoms with Gasteiger partial charge in [0, 0.05) is 0 Å². The minimum absolute atomic E-state index is 0.113. The van der Waals surface area contributed by atoms with Gasteiger partial charge in [0.15, 0.2) is 0 Å². The Bertz CT molecular complexity index is 213. The van der Waals surface area contributed by atoms with Crippen LogP contribution in [0.1, 0.15) is 57.8 Å².